The number of ether oxygens (including phenoxy) is 2. The summed E-state index contributed by atoms with van der Waals surface area (Å²) in [5.41, 5.74) is 2.52. The van der Waals surface area contributed by atoms with Crippen LogP contribution in [0.4, 0.5) is 0 Å². The summed E-state index contributed by atoms with van der Waals surface area (Å²) in [6, 6.07) is 8.33. The van der Waals surface area contributed by atoms with Crippen LogP contribution in [-0.4, -0.2) is 42.7 Å². The van der Waals surface area contributed by atoms with Gasteiger partial charge in [-0.25, -0.2) is 0 Å². The van der Waals surface area contributed by atoms with Crippen LogP contribution in [0, 0.1) is 12.8 Å². The highest BCUT2D eigenvalue weighted by atomic mass is 16.5. The molecule has 3 rings (SSSR count). The number of benzene rings is 1. The minimum absolute atomic E-state index is 0.173. The van der Waals surface area contributed by atoms with Crippen molar-refractivity contribution in [1.82, 2.24) is 4.90 Å². The Balaban J connectivity index is 1.45. The summed E-state index contributed by atoms with van der Waals surface area (Å²) in [6.07, 6.45) is 2.85. The normalized spacial score (nSPS) is 25.7. The maximum atomic E-state index is 12.5. The fourth-order valence-corrected chi connectivity index (χ4v) is 3.41. The first-order valence-electron chi connectivity index (χ1n) is 8.71. The molecule has 23 heavy (non-hydrogen) atoms. The Morgan fingerprint density at radius 1 is 1.26 bits per heavy atom. The third kappa shape index (κ3) is 3.93. The van der Waals surface area contributed by atoms with Crippen LogP contribution >= 0.6 is 0 Å². The number of carbonyl (C=O) groups excluding carboxylic acids is 1. The van der Waals surface area contributed by atoms with E-state index in [1.807, 2.05) is 4.90 Å². The molecule has 0 aromatic heterocycles. The van der Waals surface area contributed by atoms with Gasteiger partial charge in [0.25, 0.3) is 5.91 Å². The quantitative estimate of drug-likeness (QED) is 0.857. The lowest BCUT2D eigenvalue weighted by atomic mass is 10.0. The van der Waals surface area contributed by atoms with Gasteiger partial charge < -0.3 is 14.4 Å². The summed E-state index contributed by atoms with van der Waals surface area (Å²) in [6.45, 7) is 7.16. The van der Waals surface area contributed by atoms with Gasteiger partial charge in [-0.3, -0.25) is 4.79 Å². The van der Waals surface area contributed by atoms with Crippen molar-refractivity contribution in [2.45, 2.75) is 51.9 Å². The molecule has 2 atom stereocenters. The maximum Gasteiger partial charge on any atom is 0.251 e. The summed E-state index contributed by atoms with van der Waals surface area (Å²) < 4.78 is 11.7. The monoisotopic (exact) mass is 317 g/mol. The zero-order valence-electron chi connectivity index (χ0n) is 14.2. The first-order valence-corrected chi connectivity index (χ1v) is 8.71. The topological polar surface area (TPSA) is 38.8 Å². The molecule has 0 N–H and O–H groups in total. The minimum atomic E-state index is -0.223. The predicted molar refractivity (Wildman–Crippen MR) is 89.1 cm³/mol. The number of aryl methyl sites for hydroxylation is 1. The molecule has 4 nitrogen and oxygen atoms in total. The van der Waals surface area contributed by atoms with E-state index >= 15 is 0 Å². The predicted octanol–water partition coefficient (Wildman–Crippen LogP) is 2.93. The molecule has 0 spiro atoms. The average Bonchev–Trinajstić information content (AvgIpc) is 3.00. The van der Waals surface area contributed by atoms with Crippen LogP contribution in [0.3, 0.4) is 0 Å². The molecule has 2 saturated heterocycles. The molecule has 2 heterocycles. The van der Waals surface area contributed by atoms with Crippen LogP contribution in [-0.2, 0) is 20.9 Å². The summed E-state index contributed by atoms with van der Waals surface area (Å²) >= 11 is 0. The van der Waals surface area contributed by atoms with Gasteiger partial charge in [-0.05, 0) is 43.2 Å². The number of rotatable bonds is 4. The highest BCUT2D eigenvalue weighted by Gasteiger charge is 2.35. The Labute approximate surface area is 138 Å². The fourth-order valence-electron chi connectivity index (χ4n) is 3.41. The van der Waals surface area contributed by atoms with Gasteiger partial charge in [-0.1, -0.05) is 31.2 Å². The minimum Gasteiger partial charge on any atom is -0.373 e. The lowest BCUT2D eigenvalue weighted by Crippen LogP contribution is -2.46. The van der Waals surface area contributed by atoms with E-state index in [0.29, 0.717) is 19.1 Å². The molecule has 0 bridgehead atoms. The fraction of sp³-hybridized carbons (Fsp3) is 0.632. The van der Waals surface area contributed by atoms with E-state index in [-0.39, 0.29) is 18.1 Å². The first-order chi connectivity index (χ1) is 11.1. The van der Waals surface area contributed by atoms with E-state index < -0.39 is 0 Å². The second-order valence-corrected chi connectivity index (χ2v) is 6.82. The van der Waals surface area contributed by atoms with E-state index in [1.165, 1.54) is 11.1 Å². The summed E-state index contributed by atoms with van der Waals surface area (Å²) in [4.78, 5) is 14.5. The van der Waals surface area contributed by atoms with Crippen molar-refractivity contribution >= 4 is 5.91 Å². The third-order valence-corrected chi connectivity index (χ3v) is 5.12. The van der Waals surface area contributed by atoms with Crippen LogP contribution < -0.4 is 0 Å². The molecule has 4 heteroatoms. The van der Waals surface area contributed by atoms with E-state index in [9.17, 15) is 4.79 Å². The zero-order chi connectivity index (χ0) is 16.2. The molecule has 2 fully saturated rings. The summed E-state index contributed by atoms with van der Waals surface area (Å²) in [5.74, 6) is 0.518. The number of hydrogen-bond donors (Lipinski definition) is 0. The van der Waals surface area contributed by atoms with Crippen molar-refractivity contribution in [2.24, 2.45) is 5.92 Å². The standard InChI is InChI=1S/C19H27NO3/c1-14-5-3-4-6-16(14)13-23-17-7-10-20(11-8-17)19(21)18-15(2)9-12-22-18/h3-6,15,17-18H,7-13H2,1-2H3/t15-,18-/m1/s1. The van der Waals surface area contributed by atoms with Crippen molar-refractivity contribution < 1.29 is 14.3 Å². The van der Waals surface area contributed by atoms with Gasteiger partial charge in [-0.15, -0.1) is 0 Å². The van der Waals surface area contributed by atoms with Gasteiger partial charge >= 0.3 is 0 Å². The van der Waals surface area contributed by atoms with Gasteiger partial charge in [-0.2, -0.15) is 0 Å². The van der Waals surface area contributed by atoms with Crippen molar-refractivity contribution in [3.8, 4) is 0 Å². The van der Waals surface area contributed by atoms with E-state index in [0.717, 1.165) is 32.4 Å². The van der Waals surface area contributed by atoms with Crippen LogP contribution in [0.15, 0.2) is 24.3 Å². The van der Waals surface area contributed by atoms with E-state index in [1.54, 1.807) is 0 Å². The summed E-state index contributed by atoms with van der Waals surface area (Å²) in [7, 11) is 0. The molecule has 0 saturated carbocycles. The Bertz CT molecular complexity index is 537. The zero-order valence-corrected chi connectivity index (χ0v) is 14.2. The molecule has 0 aliphatic carbocycles. The van der Waals surface area contributed by atoms with Gasteiger partial charge in [0, 0.05) is 19.7 Å². The van der Waals surface area contributed by atoms with E-state index in [2.05, 4.69) is 38.1 Å². The molecule has 0 radical (unpaired) electrons. The first kappa shape index (κ1) is 16.5. The largest absolute Gasteiger partial charge is 0.373 e. The molecule has 1 aromatic rings. The highest BCUT2D eigenvalue weighted by Crippen LogP contribution is 2.24. The maximum absolute atomic E-state index is 12.5. The number of likely N-dealkylation sites (tertiary alicyclic amines) is 1. The van der Waals surface area contributed by atoms with Crippen LogP contribution in [0.2, 0.25) is 0 Å². The summed E-state index contributed by atoms with van der Waals surface area (Å²) in [5, 5.41) is 0. The lowest BCUT2D eigenvalue weighted by molar-refractivity contribution is -0.145. The van der Waals surface area contributed by atoms with Gasteiger partial charge in [0.1, 0.15) is 6.10 Å². The number of hydrogen-bond acceptors (Lipinski definition) is 3. The number of amides is 1. The molecule has 126 valence electrons. The number of piperidine rings is 1. The van der Waals surface area contributed by atoms with Gasteiger partial charge in [0.05, 0.1) is 12.7 Å². The van der Waals surface area contributed by atoms with Crippen molar-refractivity contribution in [1.29, 1.82) is 0 Å². The average molecular weight is 317 g/mol. The second-order valence-electron chi connectivity index (χ2n) is 6.82. The number of carbonyl (C=O) groups is 1. The Hall–Kier alpha value is -1.39. The number of nitrogens with zero attached hydrogens (tertiary/aromatic N) is 1. The van der Waals surface area contributed by atoms with Gasteiger partial charge in [0.2, 0.25) is 0 Å². The van der Waals surface area contributed by atoms with Gasteiger partial charge in [0.15, 0.2) is 0 Å². The molecule has 1 amide bonds. The van der Waals surface area contributed by atoms with Crippen molar-refractivity contribution in [2.75, 3.05) is 19.7 Å². The molecular formula is C19H27NO3. The third-order valence-electron chi connectivity index (χ3n) is 5.12. The molecule has 1 aromatic carbocycles. The van der Waals surface area contributed by atoms with Crippen molar-refractivity contribution in [3.05, 3.63) is 35.4 Å². The Morgan fingerprint density at radius 3 is 2.65 bits per heavy atom. The molecule has 2 aliphatic heterocycles. The second kappa shape index (κ2) is 7.45. The molecule has 2 aliphatic rings. The van der Waals surface area contributed by atoms with Crippen molar-refractivity contribution in [3.63, 3.8) is 0 Å². The lowest BCUT2D eigenvalue weighted by Gasteiger charge is -2.34. The van der Waals surface area contributed by atoms with Crippen LogP contribution in [0.5, 0.6) is 0 Å². The highest BCUT2D eigenvalue weighted by molar-refractivity contribution is 5.81. The molecular weight excluding hydrogens is 290 g/mol. The molecule has 0 unspecified atom stereocenters. The van der Waals surface area contributed by atoms with Crippen LogP contribution in [0.1, 0.15) is 37.3 Å². The Morgan fingerprint density at radius 2 is 2.00 bits per heavy atom. The van der Waals surface area contributed by atoms with E-state index in [4.69, 9.17) is 9.47 Å². The SMILES string of the molecule is Cc1ccccc1COC1CCN(C(=O)[C@@H]2OCC[C@H]2C)CC1. The smallest absolute Gasteiger partial charge is 0.251 e. The van der Waals surface area contributed by atoms with Crippen LogP contribution in [0.25, 0.3) is 0 Å². The Kier molecular flexibility index (Phi) is 5.34.